The predicted molar refractivity (Wildman–Crippen MR) is 73.2 cm³/mol. The number of methoxy groups -OCH3 is 1. The van der Waals surface area contributed by atoms with Crippen molar-refractivity contribution in [1.29, 1.82) is 0 Å². The van der Waals surface area contributed by atoms with Crippen molar-refractivity contribution in [2.75, 3.05) is 12.0 Å². The second kappa shape index (κ2) is 4.81. The van der Waals surface area contributed by atoms with E-state index in [0.29, 0.717) is 6.42 Å². The Morgan fingerprint density at radius 1 is 1.59 bits per heavy atom. The van der Waals surface area contributed by atoms with Gasteiger partial charge in [-0.25, -0.2) is 4.79 Å². The molecule has 2 unspecified atom stereocenters. The number of fused-ring (bicyclic) bond motifs is 1. The molecule has 2 atom stereocenters. The molecular weight excluding hydrogens is 333 g/mol. The maximum atomic E-state index is 11.8. The fourth-order valence-electron chi connectivity index (χ4n) is 2.10. The largest absolute Gasteiger partial charge is 0.452 e. The Morgan fingerprint density at radius 2 is 2.29 bits per heavy atom. The molecule has 0 aliphatic carbocycles. The zero-order chi connectivity index (χ0) is 12.6. The summed E-state index contributed by atoms with van der Waals surface area (Å²) in [7, 11) is 1.35. The van der Waals surface area contributed by atoms with Gasteiger partial charge in [0.15, 0.2) is 0 Å². The molecule has 1 aromatic rings. The molecule has 1 aliphatic heterocycles. The highest BCUT2D eigenvalue weighted by atomic mass is 127. The molecule has 1 aliphatic rings. The van der Waals surface area contributed by atoms with Gasteiger partial charge in [0.25, 0.3) is 0 Å². The molecule has 0 saturated carbocycles. The average molecular weight is 347 g/mol. The monoisotopic (exact) mass is 347 g/mol. The van der Waals surface area contributed by atoms with Crippen molar-refractivity contribution >= 4 is 34.4 Å². The normalized spacial score (nSPS) is 23.2. The summed E-state index contributed by atoms with van der Waals surface area (Å²) in [4.78, 5) is 13.3. The summed E-state index contributed by atoms with van der Waals surface area (Å²) in [6.07, 6.45) is -0.417. The fraction of sp³-hybridized carbons (Fsp3) is 0.417. The first-order chi connectivity index (χ1) is 8.04. The Hall–Kier alpha value is -0.820. The van der Waals surface area contributed by atoms with Crippen LogP contribution in [0.25, 0.3) is 0 Å². The first kappa shape index (κ1) is 12.6. The number of anilines is 1. The van der Waals surface area contributed by atoms with Gasteiger partial charge in [-0.2, -0.15) is 0 Å². The van der Waals surface area contributed by atoms with Gasteiger partial charge in [0, 0.05) is 9.99 Å². The molecule has 0 fully saturated rings. The number of nitrogens with zero attached hydrogens (tertiary/aromatic N) is 1. The van der Waals surface area contributed by atoms with Crippen LogP contribution in [0.1, 0.15) is 12.5 Å². The van der Waals surface area contributed by atoms with E-state index in [1.54, 1.807) is 0 Å². The van der Waals surface area contributed by atoms with Gasteiger partial charge in [-0.15, -0.1) is 0 Å². The van der Waals surface area contributed by atoms with E-state index >= 15 is 0 Å². The first-order valence-electron chi connectivity index (χ1n) is 5.38. The molecule has 5 heteroatoms. The highest BCUT2D eigenvalue weighted by Crippen LogP contribution is 2.32. The highest BCUT2D eigenvalue weighted by Gasteiger charge is 2.34. The predicted octanol–water partition coefficient (Wildman–Crippen LogP) is 2.17. The van der Waals surface area contributed by atoms with Crippen molar-refractivity contribution in [3.63, 3.8) is 0 Å². The van der Waals surface area contributed by atoms with E-state index < -0.39 is 12.2 Å². The minimum absolute atomic E-state index is 0.269. The Kier molecular flexibility index (Phi) is 3.58. The molecule has 1 amide bonds. The van der Waals surface area contributed by atoms with Crippen LogP contribution in [-0.4, -0.2) is 30.5 Å². The van der Waals surface area contributed by atoms with Gasteiger partial charge in [-0.3, -0.25) is 4.90 Å². The molecule has 92 valence electrons. The van der Waals surface area contributed by atoms with Crippen LogP contribution in [0.3, 0.4) is 0 Å². The lowest BCUT2D eigenvalue weighted by Crippen LogP contribution is -2.49. The van der Waals surface area contributed by atoms with Gasteiger partial charge >= 0.3 is 6.09 Å². The lowest BCUT2D eigenvalue weighted by atomic mass is 9.94. The third-order valence-corrected chi connectivity index (χ3v) is 3.74. The van der Waals surface area contributed by atoms with Crippen molar-refractivity contribution in [3.05, 3.63) is 27.3 Å². The Morgan fingerprint density at radius 3 is 2.94 bits per heavy atom. The van der Waals surface area contributed by atoms with Crippen molar-refractivity contribution in [2.45, 2.75) is 25.5 Å². The minimum atomic E-state index is -0.556. The maximum Gasteiger partial charge on any atom is 0.414 e. The van der Waals surface area contributed by atoms with Crippen LogP contribution in [0.2, 0.25) is 0 Å². The van der Waals surface area contributed by atoms with Gasteiger partial charge in [0.2, 0.25) is 0 Å². The second-order valence-corrected chi connectivity index (χ2v) is 5.37. The number of hydrogen-bond acceptors (Lipinski definition) is 3. The standard InChI is InChI=1S/C12H14INO3/c1-7-11(15)6-8-5-9(13)3-4-10(8)14(7)12(16)17-2/h3-5,7,11,15H,6H2,1-2H3. The third kappa shape index (κ3) is 2.26. The van der Waals surface area contributed by atoms with E-state index in [1.165, 1.54) is 12.0 Å². The van der Waals surface area contributed by atoms with Crippen LogP contribution in [0.5, 0.6) is 0 Å². The zero-order valence-electron chi connectivity index (χ0n) is 9.68. The molecule has 1 N–H and O–H groups in total. The van der Waals surface area contributed by atoms with Crippen LogP contribution >= 0.6 is 22.6 Å². The number of hydrogen-bond donors (Lipinski definition) is 1. The van der Waals surface area contributed by atoms with Crippen LogP contribution in [-0.2, 0) is 11.2 Å². The Bertz CT molecular complexity index is 449. The van der Waals surface area contributed by atoms with Crippen molar-refractivity contribution in [2.24, 2.45) is 0 Å². The number of benzene rings is 1. The number of carbonyl (C=O) groups excluding carboxylic acids is 1. The maximum absolute atomic E-state index is 11.8. The van der Waals surface area contributed by atoms with Gasteiger partial charge in [0.1, 0.15) is 0 Å². The van der Waals surface area contributed by atoms with Gasteiger partial charge < -0.3 is 9.84 Å². The number of ether oxygens (including phenoxy) is 1. The molecule has 0 spiro atoms. The summed E-state index contributed by atoms with van der Waals surface area (Å²) in [5.74, 6) is 0. The van der Waals surface area contributed by atoms with Gasteiger partial charge in [-0.1, -0.05) is 0 Å². The molecule has 2 rings (SSSR count). The number of amides is 1. The molecule has 1 heterocycles. The van der Waals surface area contributed by atoms with Crippen LogP contribution in [0.15, 0.2) is 18.2 Å². The number of halogens is 1. The zero-order valence-corrected chi connectivity index (χ0v) is 11.8. The van der Waals surface area contributed by atoms with E-state index in [9.17, 15) is 9.90 Å². The van der Waals surface area contributed by atoms with Crippen molar-refractivity contribution in [1.82, 2.24) is 0 Å². The van der Waals surface area contributed by atoms with E-state index in [1.807, 2.05) is 25.1 Å². The molecule has 0 aromatic heterocycles. The quantitative estimate of drug-likeness (QED) is 0.732. The average Bonchev–Trinajstić information content (AvgIpc) is 2.30. The van der Waals surface area contributed by atoms with Crippen LogP contribution < -0.4 is 4.90 Å². The molecular formula is C12H14INO3. The summed E-state index contributed by atoms with van der Waals surface area (Å²) >= 11 is 2.22. The summed E-state index contributed by atoms with van der Waals surface area (Å²) in [6, 6.07) is 5.56. The molecule has 0 radical (unpaired) electrons. The van der Waals surface area contributed by atoms with E-state index in [4.69, 9.17) is 4.74 Å². The number of rotatable bonds is 0. The van der Waals surface area contributed by atoms with Crippen molar-refractivity contribution < 1.29 is 14.6 Å². The Balaban J connectivity index is 2.49. The van der Waals surface area contributed by atoms with E-state index in [-0.39, 0.29) is 6.04 Å². The highest BCUT2D eigenvalue weighted by molar-refractivity contribution is 14.1. The topological polar surface area (TPSA) is 49.8 Å². The molecule has 17 heavy (non-hydrogen) atoms. The van der Waals surface area contributed by atoms with E-state index in [0.717, 1.165) is 14.8 Å². The number of carbonyl (C=O) groups is 1. The molecule has 0 bridgehead atoms. The SMILES string of the molecule is COC(=O)N1c2ccc(I)cc2CC(O)C1C. The van der Waals surface area contributed by atoms with Crippen LogP contribution in [0, 0.1) is 3.57 Å². The van der Waals surface area contributed by atoms with E-state index in [2.05, 4.69) is 22.6 Å². The second-order valence-electron chi connectivity index (χ2n) is 4.13. The fourth-order valence-corrected chi connectivity index (χ4v) is 2.66. The number of aliphatic hydroxyl groups is 1. The summed E-state index contributed by atoms with van der Waals surface area (Å²) in [5.41, 5.74) is 1.81. The minimum Gasteiger partial charge on any atom is -0.452 e. The third-order valence-electron chi connectivity index (χ3n) is 3.07. The smallest absolute Gasteiger partial charge is 0.414 e. The molecule has 0 saturated heterocycles. The summed E-state index contributed by atoms with van der Waals surface area (Å²) in [6.45, 7) is 1.82. The molecule has 1 aromatic carbocycles. The lowest BCUT2D eigenvalue weighted by Gasteiger charge is -2.37. The van der Waals surface area contributed by atoms with Crippen LogP contribution in [0.4, 0.5) is 10.5 Å². The summed E-state index contributed by atoms with van der Waals surface area (Å²) < 4.78 is 5.86. The van der Waals surface area contributed by atoms with Gasteiger partial charge in [-0.05, 0) is 53.3 Å². The number of aliphatic hydroxyl groups excluding tert-OH is 1. The summed E-state index contributed by atoms with van der Waals surface area (Å²) in [5, 5.41) is 9.98. The van der Waals surface area contributed by atoms with Gasteiger partial charge in [0.05, 0.1) is 24.9 Å². The molecule has 4 nitrogen and oxygen atoms in total. The Labute approximate surface area is 114 Å². The van der Waals surface area contributed by atoms with Crippen molar-refractivity contribution in [3.8, 4) is 0 Å². The lowest BCUT2D eigenvalue weighted by molar-refractivity contribution is 0.128. The first-order valence-corrected chi connectivity index (χ1v) is 6.46.